The minimum atomic E-state index is -0.351. The van der Waals surface area contributed by atoms with Gasteiger partial charge in [0.25, 0.3) is 0 Å². The van der Waals surface area contributed by atoms with Gasteiger partial charge in [0.2, 0.25) is 0 Å². The smallest absolute Gasteiger partial charge is 0.338 e. The molecule has 0 radical (unpaired) electrons. The third-order valence-electron chi connectivity index (χ3n) is 4.66. The maximum absolute atomic E-state index is 11.8. The number of hydrogen-bond donors (Lipinski definition) is 2. The number of hydrogen-bond acceptors (Lipinski definition) is 4. The lowest BCUT2D eigenvalue weighted by Gasteiger charge is -2.23. The van der Waals surface area contributed by atoms with Gasteiger partial charge in [-0.2, -0.15) is 0 Å². The van der Waals surface area contributed by atoms with Crippen LogP contribution in [0, 0.1) is 13.8 Å². The Bertz CT molecular complexity index is 806. The molecule has 0 saturated carbocycles. The molecule has 2 N–H and O–H groups in total. The molecule has 0 amide bonds. The number of carbonyl (C=O) groups excluding carboxylic acids is 1. The zero-order valence-corrected chi connectivity index (χ0v) is 17.9. The van der Waals surface area contributed by atoms with Crippen molar-refractivity contribution in [2.75, 3.05) is 37.0 Å². The van der Waals surface area contributed by atoms with Crippen LogP contribution in [-0.4, -0.2) is 37.8 Å². The number of carbonyl (C=O) groups is 1. The third kappa shape index (κ3) is 5.96. The summed E-state index contributed by atoms with van der Waals surface area (Å²) in [7, 11) is 1.38. The van der Waals surface area contributed by atoms with Crippen LogP contribution >= 0.6 is 12.2 Å². The fourth-order valence-corrected chi connectivity index (χ4v) is 3.18. The second-order valence-corrected chi connectivity index (χ2v) is 7.03. The van der Waals surface area contributed by atoms with Crippen LogP contribution in [0.15, 0.2) is 42.5 Å². The fraction of sp³-hybridized carbons (Fsp3) is 0.364. The van der Waals surface area contributed by atoms with E-state index < -0.39 is 0 Å². The Balaban J connectivity index is 1.83. The van der Waals surface area contributed by atoms with Crippen molar-refractivity contribution in [1.29, 1.82) is 0 Å². The Morgan fingerprint density at radius 2 is 1.86 bits per heavy atom. The molecule has 0 aromatic heterocycles. The maximum atomic E-state index is 11.8. The number of nitrogens with one attached hydrogen (secondary N) is 2. The first-order valence-electron chi connectivity index (χ1n) is 9.50. The van der Waals surface area contributed by atoms with Crippen molar-refractivity contribution in [2.24, 2.45) is 0 Å². The van der Waals surface area contributed by atoms with E-state index in [2.05, 4.69) is 53.6 Å². The van der Waals surface area contributed by atoms with E-state index in [-0.39, 0.29) is 5.97 Å². The molecule has 0 atom stereocenters. The largest absolute Gasteiger partial charge is 0.465 e. The van der Waals surface area contributed by atoms with Gasteiger partial charge in [-0.3, -0.25) is 0 Å². The standard InChI is InChI=1S/C22H29N3O2S/c1-5-25(18-12-10-16(2)11-13-18)15-7-14-23-22(28)24-20-9-6-8-19(17(20)3)21(26)27-4/h6,8-13H,5,7,14-15H2,1-4H3,(H2,23,24,28). The molecule has 0 aliphatic carbocycles. The summed E-state index contributed by atoms with van der Waals surface area (Å²) < 4.78 is 4.81. The fourth-order valence-electron chi connectivity index (χ4n) is 2.97. The van der Waals surface area contributed by atoms with Gasteiger partial charge in [-0.25, -0.2) is 4.79 Å². The second kappa shape index (κ2) is 10.7. The number of aryl methyl sites for hydroxylation is 1. The molecule has 0 spiro atoms. The highest BCUT2D eigenvalue weighted by molar-refractivity contribution is 7.80. The maximum Gasteiger partial charge on any atom is 0.338 e. The number of benzene rings is 2. The monoisotopic (exact) mass is 399 g/mol. The average molecular weight is 400 g/mol. The predicted octanol–water partition coefficient (Wildman–Crippen LogP) is 4.29. The van der Waals surface area contributed by atoms with Crippen molar-refractivity contribution >= 4 is 34.7 Å². The van der Waals surface area contributed by atoms with Crippen molar-refractivity contribution in [2.45, 2.75) is 27.2 Å². The molecule has 0 aliphatic heterocycles. The molecule has 5 nitrogen and oxygen atoms in total. The van der Waals surface area contributed by atoms with Crippen LogP contribution in [-0.2, 0) is 4.74 Å². The van der Waals surface area contributed by atoms with Crippen LogP contribution in [0.1, 0.15) is 34.8 Å². The number of esters is 1. The normalized spacial score (nSPS) is 10.3. The van der Waals surface area contributed by atoms with E-state index in [9.17, 15) is 4.79 Å². The highest BCUT2D eigenvalue weighted by atomic mass is 32.1. The highest BCUT2D eigenvalue weighted by Gasteiger charge is 2.12. The Hall–Kier alpha value is -2.60. The summed E-state index contributed by atoms with van der Waals surface area (Å²) in [5.74, 6) is -0.351. The first kappa shape index (κ1) is 21.7. The van der Waals surface area contributed by atoms with Gasteiger partial charge in [0.05, 0.1) is 12.7 Å². The zero-order chi connectivity index (χ0) is 20.5. The summed E-state index contributed by atoms with van der Waals surface area (Å²) in [4.78, 5) is 14.2. The van der Waals surface area contributed by atoms with E-state index in [0.29, 0.717) is 10.7 Å². The lowest BCUT2D eigenvalue weighted by Crippen LogP contribution is -2.32. The van der Waals surface area contributed by atoms with Crippen LogP contribution in [0.2, 0.25) is 0 Å². The van der Waals surface area contributed by atoms with Crippen molar-refractivity contribution in [1.82, 2.24) is 5.32 Å². The summed E-state index contributed by atoms with van der Waals surface area (Å²) in [6, 6.07) is 14.1. The van der Waals surface area contributed by atoms with Crippen LogP contribution in [0.4, 0.5) is 11.4 Å². The highest BCUT2D eigenvalue weighted by Crippen LogP contribution is 2.19. The van der Waals surface area contributed by atoms with Gasteiger partial charge < -0.3 is 20.3 Å². The number of rotatable bonds is 8. The van der Waals surface area contributed by atoms with Crippen LogP contribution in [0.5, 0.6) is 0 Å². The van der Waals surface area contributed by atoms with Crippen LogP contribution in [0.25, 0.3) is 0 Å². The van der Waals surface area contributed by atoms with Gasteiger partial charge in [-0.05, 0) is 69.2 Å². The van der Waals surface area contributed by atoms with E-state index in [1.165, 1.54) is 18.4 Å². The zero-order valence-electron chi connectivity index (χ0n) is 17.0. The van der Waals surface area contributed by atoms with Gasteiger partial charge >= 0.3 is 5.97 Å². The molecule has 0 heterocycles. The van der Waals surface area contributed by atoms with Crippen molar-refractivity contribution in [3.8, 4) is 0 Å². The molecule has 0 bridgehead atoms. The number of ether oxygens (including phenoxy) is 1. The molecule has 6 heteroatoms. The molecule has 150 valence electrons. The molecule has 0 fully saturated rings. The van der Waals surface area contributed by atoms with Crippen LogP contribution < -0.4 is 15.5 Å². The lowest BCUT2D eigenvalue weighted by molar-refractivity contribution is 0.0600. The Kier molecular flexibility index (Phi) is 8.26. The first-order valence-corrected chi connectivity index (χ1v) is 9.91. The van der Waals surface area contributed by atoms with E-state index in [4.69, 9.17) is 17.0 Å². The SMILES string of the molecule is CCN(CCCNC(=S)Nc1cccc(C(=O)OC)c1C)c1ccc(C)cc1. The molecule has 2 aromatic carbocycles. The summed E-state index contributed by atoms with van der Waals surface area (Å²) >= 11 is 5.40. The molecule has 2 rings (SSSR count). The minimum absolute atomic E-state index is 0.351. The van der Waals surface area contributed by atoms with Crippen molar-refractivity contribution < 1.29 is 9.53 Å². The van der Waals surface area contributed by atoms with Gasteiger partial charge in [0.1, 0.15) is 0 Å². The number of methoxy groups -OCH3 is 1. The molecule has 2 aromatic rings. The quantitative estimate of drug-likeness (QED) is 0.392. The minimum Gasteiger partial charge on any atom is -0.465 e. The Labute approximate surface area is 173 Å². The first-order chi connectivity index (χ1) is 13.5. The number of anilines is 2. The topological polar surface area (TPSA) is 53.6 Å². The number of thiocarbonyl (C=S) groups is 1. The van der Waals surface area contributed by atoms with Crippen LogP contribution in [0.3, 0.4) is 0 Å². The molecule has 28 heavy (non-hydrogen) atoms. The Morgan fingerprint density at radius 3 is 2.50 bits per heavy atom. The van der Waals surface area contributed by atoms with Crippen molar-refractivity contribution in [3.05, 3.63) is 59.2 Å². The summed E-state index contributed by atoms with van der Waals surface area (Å²) in [6.07, 6.45) is 0.963. The third-order valence-corrected chi connectivity index (χ3v) is 4.90. The van der Waals surface area contributed by atoms with E-state index in [1.807, 2.05) is 19.1 Å². The Morgan fingerprint density at radius 1 is 1.14 bits per heavy atom. The summed E-state index contributed by atoms with van der Waals surface area (Å²) in [6.45, 7) is 8.82. The summed E-state index contributed by atoms with van der Waals surface area (Å²) in [5.41, 5.74) is 4.66. The lowest BCUT2D eigenvalue weighted by atomic mass is 10.1. The average Bonchev–Trinajstić information content (AvgIpc) is 2.70. The van der Waals surface area contributed by atoms with Crippen molar-refractivity contribution in [3.63, 3.8) is 0 Å². The van der Waals surface area contributed by atoms with Gasteiger partial charge in [0.15, 0.2) is 5.11 Å². The predicted molar refractivity (Wildman–Crippen MR) is 120 cm³/mol. The molecule has 0 unspecified atom stereocenters. The van der Waals surface area contributed by atoms with Gasteiger partial charge in [-0.1, -0.05) is 23.8 Å². The number of nitrogens with zero attached hydrogens (tertiary/aromatic N) is 1. The second-order valence-electron chi connectivity index (χ2n) is 6.62. The van der Waals surface area contributed by atoms with Gasteiger partial charge in [0, 0.05) is 31.0 Å². The van der Waals surface area contributed by atoms with E-state index >= 15 is 0 Å². The molecular formula is C22H29N3O2S. The molecule has 0 saturated heterocycles. The molecule has 0 aliphatic rings. The van der Waals surface area contributed by atoms with Gasteiger partial charge in [-0.15, -0.1) is 0 Å². The molecular weight excluding hydrogens is 370 g/mol. The van der Waals surface area contributed by atoms with E-state index in [1.54, 1.807) is 6.07 Å². The summed E-state index contributed by atoms with van der Waals surface area (Å²) in [5, 5.41) is 6.95. The van der Waals surface area contributed by atoms with E-state index in [0.717, 1.165) is 37.3 Å².